The Morgan fingerprint density at radius 1 is 1.14 bits per heavy atom. The second-order valence-corrected chi connectivity index (χ2v) is 5.53. The number of hydrogen-bond donors (Lipinski definition) is 1. The molecule has 0 atom stereocenters. The maximum absolute atomic E-state index is 12.0. The van der Waals surface area contributed by atoms with E-state index in [9.17, 15) is 18.0 Å². The first kappa shape index (κ1) is 16.5. The molecule has 0 bridgehead atoms. The Morgan fingerprint density at radius 2 is 1.82 bits per heavy atom. The summed E-state index contributed by atoms with van der Waals surface area (Å²) in [6, 6.07) is 10.4. The van der Waals surface area contributed by atoms with Crippen LogP contribution in [0.25, 0.3) is 0 Å². The number of ether oxygens (including phenoxy) is 1. The van der Waals surface area contributed by atoms with E-state index in [1.807, 2.05) is 5.38 Å². The zero-order valence-corrected chi connectivity index (χ0v) is 12.3. The van der Waals surface area contributed by atoms with Crippen LogP contribution < -0.4 is 5.32 Å². The van der Waals surface area contributed by atoms with Gasteiger partial charge < -0.3 is 10.1 Å². The first-order valence-electron chi connectivity index (χ1n) is 6.48. The van der Waals surface area contributed by atoms with Crippen LogP contribution in [0.5, 0.6) is 0 Å². The summed E-state index contributed by atoms with van der Waals surface area (Å²) in [6.07, 6.45) is -4.31. The molecule has 1 heterocycles. The largest absolute Gasteiger partial charge is 0.411 e. The topological polar surface area (TPSA) is 38.3 Å². The van der Waals surface area contributed by atoms with Gasteiger partial charge in [-0.25, -0.2) is 0 Å². The minimum absolute atomic E-state index is 0.0959. The van der Waals surface area contributed by atoms with E-state index in [2.05, 4.69) is 10.1 Å². The monoisotopic (exact) mass is 329 g/mol. The molecule has 0 spiro atoms. The average Bonchev–Trinajstić information content (AvgIpc) is 2.99. The molecule has 0 saturated heterocycles. The molecule has 0 fully saturated rings. The molecule has 2 rings (SSSR count). The van der Waals surface area contributed by atoms with E-state index in [0.29, 0.717) is 17.0 Å². The average molecular weight is 329 g/mol. The molecule has 0 unspecified atom stereocenters. The molecular formula is C15H14F3NO2S. The van der Waals surface area contributed by atoms with E-state index in [0.717, 1.165) is 5.56 Å². The van der Waals surface area contributed by atoms with Gasteiger partial charge in [-0.1, -0.05) is 30.3 Å². The van der Waals surface area contributed by atoms with Crippen LogP contribution in [0.4, 0.5) is 13.2 Å². The number of alkyl halides is 3. The first-order chi connectivity index (χ1) is 10.4. The smallest absolute Gasteiger partial charge is 0.367 e. The number of carbonyl (C=O) groups excluding carboxylic acids is 1. The number of thiophene rings is 1. The van der Waals surface area contributed by atoms with Crippen molar-refractivity contribution < 1.29 is 22.7 Å². The molecule has 1 N–H and O–H groups in total. The van der Waals surface area contributed by atoms with Crippen LogP contribution >= 0.6 is 11.3 Å². The summed E-state index contributed by atoms with van der Waals surface area (Å²) in [4.78, 5) is 12.4. The third-order valence-corrected chi connectivity index (χ3v) is 3.62. The van der Waals surface area contributed by atoms with Gasteiger partial charge in [-0.15, -0.1) is 11.3 Å². The second-order valence-electron chi connectivity index (χ2n) is 4.58. The predicted octanol–water partition coefficient (Wildman–Crippen LogP) is 3.76. The Morgan fingerprint density at radius 3 is 2.41 bits per heavy atom. The minimum atomic E-state index is -4.31. The number of rotatable bonds is 6. The fourth-order valence-electron chi connectivity index (χ4n) is 1.72. The van der Waals surface area contributed by atoms with Gasteiger partial charge in [0.15, 0.2) is 0 Å². The quantitative estimate of drug-likeness (QED) is 0.876. The maximum atomic E-state index is 12.0. The van der Waals surface area contributed by atoms with Crippen LogP contribution in [0.1, 0.15) is 20.8 Å². The number of benzene rings is 1. The molecule has 1 aromatic carbocycles. The Kier molecular flexibility index (Phi) is 5.57. The third-order valence-electron chi connectivity index (χ3n) is 2.76. The highest BCUT2D eigenvalue weighted by atomic mass is 32.1. The van der Waals surface area contributed by atoms with Crippen molar-refractivity contribution in [1.29, 1.82) is 0 Å². The fourth-order valence-corrected chi connectivity index (χ4v) is 2.36. The van der Waals surface area contributed by atoms with Crippen molar-refractivity contribution in [3.63, 3.8) is 0 Å². The molecule has 3 nitrogen and oxygen atoms in total. The molecule has 22 heavy (non-hydrogen) atoms. The minimum Gasteiger partial charge on any atom is -0.367 e. The van der Waals surface area contributed by atoms with Crippen molar-refractivity contribution in [1.82, 2.24) is 5.32 Å². The highest BCUT2D eigenvalue weighted by Crippen LogP contribution is 2.16. The lowest BCUT2D eigenvalue weighted by atomic mass is 10.1. The zero-order chi connectivity index (χ0) is 16.0. The Labute approximate surface area is 129 Å². The van der Waals surface area contributed by atoms with E-state index >= 15 is 0 Å². The summed E-state index contributed by atoms with van der Waals surface area (Å²) in [6.45, 7) is -0.993. The van der Waals surface area contributed by atoms with Crippen LogP contribution in [0.15, 0.2) is 41.8 Å². The standard InChI is InChI=1S/C15H14F3NO2S/c16-15(17,18)10-21-9-12-5-3-11(4-6-12)8-19-14(20)13-2-1-7-22-13/h1-7H,8-10H2,(H,19,20). The lowest BCUT2D eigenvalue weighted by molar-refractivity contribution is -0.176. The number of halogens is 3. The molecule has 7 heteroatoms. The summed E-state index contributed by atoms with van der Waals surface area (Å²) in [5.74, 6) is -0.146. The number of carbonyl (C=O) groups is 1. The predicted molar refractivity (Wildman–Crippen MR) is 77.6 cm³/mol. The van der Waals surface area contributed by atoms with Gasteiger partial charge in [-0.3, -0.25) is 4.79 Å². The summed E-state index contributed by atoms with van der Waals surface area (Å²) in [5, 5.41) is 4.60. The van der Waals surface area contributed by atoms with Crippen LogP contribution in [0.3, 0.4) is 0 Å². The van der Waals surface area contributed by atoms with Gasteiger partial charge in [0.1, 0.15) is 6.61 Å². The first-order valence-corrected chi connectivity index (χ1v) is 7.36. The van der Waals surface area contributed by atoms with Gasteiger partial charge in [0.05, 0.1) is 11.5 Å². The van der Waals surface area contributed by atoms with Gasteiger partial charge in [-0.05, 0) is 22.6 Å². The Hall–Kier alpha value is -1.86. The summed E-state index contributed by atoms with van der Waals surface area (Å²) < 4.78 is 40.4. The van der Waals surface area contributed by atoms with Gasteiger partial charge >= 0.3 is 6.18 Å². The molecular weight excluding hydrogens is 315 g/mol. The van der Waals surface area contributed by atoms with Gasteiger partial charge in [0.25, 0.3) is 5.91 Å². The van der Waals surface area contributed by atoms with Gasteiger partial charge in [0.2, 0.25) is 0 Å². The highest BCUT2D eigenvalue weighted by molar-refractivity contribution is 7.12. The molecule has 0 aliphatic heterocycles. The normalized spacial score (nSPS) is 11.4. The van der Waals surface area contributed by atoms with Crippen LogP contribution in [0, 0.1) is 0 Å². The highest BCUT2D eigenvalue weighted by Gasteiger charge is 2.27. The van der Waals surface area contributed by atoms with Crippen molar-refractivity contribution in [2.24, 2.45) is 0 Å². The van der Waals surface area contributed by atoms with Crippen LogP contribution in [-0.2, 0) is 17.9 Å². The van der Waals surface area contributed by atoms with E-state index in [-0.39, 0.29) is 12.5 Å². The molecule has 1 amide bonds. The summed E-state index contributed by atoms with van der Waals surface area (Å²) in [5.41, 5.74) is 1.52. The van der Waals surface area contributed by atoms with E-state index in [4.69, 9.17) is 0 Å². The van der Waals surface area contributed by atoms with Gasteiger partial charge in [0, 0.05) is 6.54 Å². The van der Waals surface area contributed by atoms with Gasteiger partial charge in [-0.2, -0.15) is 13.2 Å². The molecule has 1 aromatic heterocycles. The van der Waals surface area contributed by atoms with Crippen molar-refractivity contribution in [2.45, 2.75) is 19.3 Å². The summed E-state index contributed by atoms with van der Waals surface area (Å²) in [7, 11) is 0. The lowest BCUT2D eigenvalue weighted by Gasteiger charge is -2.08. The third kappa shape index (κ3) is 5.50. The van der Waals surface area contributed by atoms with Crippen LogP contribution in [-0.4, -0.2) is 18.7 Å². The van der Waals surface area contributed by atoms with E-state index in [1.165, 1.54) is 11.3 Å². The number of hydrogen-bond acceptors (Lipinski definition) is 3. The fraction of sp³-hybridized carbons (Fsp3) is 0.267. The van der Waals surface area contributed by atoms with Crippen molar-refractivity contribution in [3.05, 3.63) is 57.8 Å². The Bertz CT molecular complexity index is 594. The van der Waals surface area contributed by atoms with Crippen molar-refractivity contribution in [3.8, 4) is 0 Å². The molecule has 0 aliphatic carbocycles. The molecule has 0 radical (unpaired) electrons. The molecule has 0 saturated carbocycles. The molecule has 2 aromatic rings. The van der Waals surface area contributed by atoms with Crippen molar-refractivity contribution in [2.75, 3.05) is 6.61 Å². The second kappa shape index (κ2) is 7.42. The zero-order valence-electron chi connectivity index (χ0n) is 11.5. The maximum Gasteiger partial charge on any atom is 0.411 e. The van der Waals surface area contributed by atoms with Crippen LogP contribution in [0.2, 0.25) is 0 Å². The number of amides is 1. The molecule has 118 valence electrons. The Balaban J connectivity index is 1.78. The van der Waals surface area contributed by atoms with Crippen molar-refractivity contribution >= 4 is 17.2 Å². The molecule has 0 aliphatic rings. The number of nitrogens with one attached hydrogen (secondary N) is 1. The summed E-state index contributed by atoms with van der Waals surface area (Å²) >= 11 is 1.36. The SMILES string of the molecule is O=C(NCc1ccc(COCC(F)(F)F)cc1)c1cccs1. The van der Waals surface area contributed by atoms with E-state index in [1.54, 1.807) is 36.4 Å². The van der Waals surface area contributed by atoms with E-state index < -0.39 is 12.8 Å². The lowest BCUT2D eigenvalue weighted by Crippen LogP contribution is -2.21.